The average molecular weight is 543 g/mol. The molecular formula is C28H31FN10O. The summed E-state index contributed by atoms with van der Waals surface area (Å²) >= 11 is 0. The van der Waals surface area contributed by atoms with Gasteiger partial charge in [0.05, 0.1) is 34.7 Å². The predicted molar refractivity (Wildman–Crippen MR) is 152 cm³/mol. The van der Waals surface area contributed by atoms with Crippen LogP contribution in [0.1, 0.15) is 27.2 Å². The maximum absolute atomic E-state index is 16.1. The molecule has 1 fully saturated rings. The summed E-state index contributed by atoms with van der Waals surface area (Å²) in [5.41, 5.74) is 3.95. The summed E-state index contributed by atoms with van der Waals surface area (Å²) in [6.45, 7) is 9.68. The van der Waals surface area contributed by atoms with E-state index in [0.29, 0.717) is 40.4 Å². The minimum atomic E-state index is -0.561. The van der Waals surface area contributed by atoms with Crippen LogP contribution < -0.4 is 10.2 Å². The zero-order chi connectivity index (χ0) is 28.0. The highest BCUT2D eigenvalue weighted by molar-refractivity contribution is 5.97. The number of H-pyrrole nitrogens is 2. The molecule has 5 aromatic heterocycles. The molecular weight excluding hydrogens is 511 g/mol. The molecule has 11 nitrogen and oxygen atoms in total. The number of nitrogens with one attached hydrogen (secondary N) is 3. The molecule has 6 rings (SSSR count). The van der Waals surface area contributed by atoms with Gasteiger partial charge in [-0.2, -0.15) is 5.10 Å². The van der Waals surface area contributed by atoms with Crippen LogP contribution in [0.5, 0.6) is 0 Å². The number of aromatic amines is 2. The van der Waals surface area contributed by atoms with Gasteiger partial charge in [0, 0.05) is 50.6 Å². The number of likely N-dealkylation sites (N-methyl/N-ethyl adjacent to an activating group) is 1. The van der Waals surface area contributed by atoms with Gasteiger partial charge in [-0.3, -0.25) is 19.9 Å². The second-order valence-corrected chi connectivity index (χ2v) is 11.4. The van der Waals surface area contributed by atoms with Crippen LogP contribution in [-0.2, 0) is 4.79 Å². The fraction of sp³-hybridized carbons (Fsp3) is 0.357. The number of carbonyl (C=O) groups is 1. The van der Waals surface area contributed by atoms with E-state index in [1.807, 2.05) is 26.8 Å². The Morgan fingerprint density at radius 1 is 1.10 bits per heavy atom. The topological polar surface area (TPSA) is 132 Å². The number of piperazine rings is 1. The van der Waals surface area contributed by atoms with Crippen LogP contribution in [0, 0.1) is 11.2 Å². The molecule has 0 saturated carbocycles. The number of hydrogen-bond donors (Lipinski definition) is 3. The Morgan fingerprint density at radius 2 is 1.90 bits per heavy atom. The summed E-state index contributed by atoms with van der Waals surface area (Å²) in [6, 6.07) is 3.64. The molecule has 1 aliphatic heterocycles. The first-order chi connectivity index (χ1) is 19.2. The normalized spacial score (nSPS) is 14.8. The third-order valence-corrected chi connectivity index (χ3v) is 6.97. The number of anilines is 2. The number of fused-ring (bicyclic) bond motifs is 2. The molecule has 0 spiro atoms. The van der Waals surface area contributed by atoms with Crippen molar-refractivity contribution in [3.05, 3.63) is 42.7 Å². The Balaban J connectivity index is 1.36. The third-order valence-electron chi connectivity index (χ3n) is 6.97. The second kappa shape index (κ2) is 9.94. The summed E-state index contributed by atoms with van der Waals surface area (Å²) in [6.07, 6.45) is 6.67. The summed E-state index contributed by atoms with van der Waals surface area (Å²) in [7, 11) is 2.11. The minimum absolute atomic E-state index is 0.0990. The Kier molecular flexibility index (Phi) is 6.41. The smallest absolute Gasteiger partial charge is 0.224 e. The van der Waals surface area contributed by atoms with E-state index >= 15 is 4.39 Å². The quantitative estimate of drug-likeness (QED) is 0.301. The van der Waals surface area contributed by atoms with Gasteiger partial charge in [0.15, 0.2) is 17.3 Å². The number of pyridine rings is 3. The predicted octanol–water partition coefficient (Wildman–Crippen LogP) is 4.22. The summed E-state index contributed by atoms with van der Waals surface area (Å²) < 4.78 is 16.1. The van der Waals surface area contributed by atoms with Gasteiger partial charge in [0.25, 0.3) is 0 Å². The van der Waals surface area contributed by atoms with E-state index in [1.54, 1.807) is 12.3 Å². The number of nitrogens with zero attached hydrogens (tertiary/aromatic N) is 7. The summed E-state index contributed by atoms with van der Waals surface area (Å²) in [5.74, 6) is -0.288. The Labute approximate surface area is 230 Å². The molecule has 1 saturated heterocycles. The first kappa shape index (κ1) is 25.8. The third kappa shape index (κ3) is 4.97. The molecule has 0 aliphatic carbocycles. The highest BCUT2D eigenvalue weighted by Gasteiger charge is 2.23. The fourth-order valence-electron chi connectivity index (χ4n) is 4.99. The molecule has 6 heterocycles. The number of imidazole rings is 1. The first-order valence-electron chi connectivity index (χ1n) is 13.2. The highest BCUT2D eigenvalue weighted by atomic mass is 19.1. The summed E-state index contributed by atoms with van der Waals surface area (Å²) in [4.78, 5) is 38.0. The number of halogens is 1. The van der Waals surface area contributed by atoms with Crippen molar-refractivity contribution in [2.75, 3.05) is 43.4 Å². The Morgan fingerprint density at radius 3 is 2.67 bits per heavy atom. The van der Waals surface area contributed by atoms with Crippen molar-refractivity contribution in [2.45, 2.75) is 27.2 Å². The van der Waals surface area contributed by atoms with Gasteiger partial charge in [0.1, 0.15) is 16.9 Å². The van der Waals surface area contributed by atoms with E-state index in [2.05, 4.69) is 57.3 Å². The number of rotatable bonds is 5. The van der Waals surface area contributed by atoms with Crippen LogP contribution in [0.15, 0.2) is 36.9 Å². The largest absolute Gasteiger partial charge is 0.367 e. The van der Waals surface area contributed by atoms with Crippen LogP contribution in [0.25, 0.3) is 44.8 Å². The molecule has 40 heavy (non-hydrogen) atoms. The Hall–Kier alpha value is -4.45. The van der Waals surface area contributed by atoms with Crippen molar-refractivity contribution < 1.29 is 9.18 Å². The molecule has 0 bridgehead atoms. The van der Waals surface area contributed by atoms with E-state index in [1.165, 1.54) is 18.6 Å². The van der Waals surface area contributed by atoms with E-state index in [4.69, 9.17) is 0 Å². The zero-order valence-corrected chi connectivity index (χ0v) is 22.9. The lowest BCUT2D eigenvalue weighted by molar-refractivity contribution is -0.117. The maximum atomic E-state index is 16.1. The average Bonchev–Trinajstić information content (AvgIpc) is 3.53. The van der Waals surface area contributed by atoms with Crippen LogP contribution in [0.3, 0.4) is 0 Å². The molecule has 1 amide bonds. The molecule has 0 unspecified atom stereocenters. The van der Waals surface area contributed by atoms with Crippen molar-refractivity contribution in [3.63, 3.8) is 0 Å². The molecule has 1 aliphatic rings. The van der Waals surface area contributed by atoms with Gasteiger partial charge in [0.2, 0.25) is 5.91 Å². The number of hydrogen-bond acceptors (Lipinski definition) is 8. The van der Waals surface area contributed by atoms with Crippen molar-refractivity contribution in [1.82, 2.24) is 40.0 Å². The molecule has 0 aromatic carbocycles. The van der Waals surface area contributed by atoms with Crippen LogP contribution in [0.4, 0.5) is 15.8 Å². The van der Waals surface area contributed by atoms with Crippen molar-refractivity contribution in [2.24, 2.45) is 5.41 Å². The lowest BCUT2D eigenvalue weighted by Crippen LogP contribution is -2.44. The summed E-state index contributed by atoms with van der Waals surface area (Å²) in [5, 5.41) is 10.4. The Bertz CT molecular complexity index is 1710. The van der Waals surface area contributed by atoms with E-state index in [0.717, 1.165) is 37.4 Å². The first-order valence-corrected chi connectivity index (χ1v) is 13.2. The monoisotopic (exact) mass is 542 g/mol. The van der Waals surface area contributed by atoms with Gasteiger partial charge in [-0.25, -0.2) is 14.4 Å². The van der Waals surface area contributed by atoms with Gasteiger partial charge in [-0.05, 0) is 24.6 Å². The van der Waals surface area contributed by atoms with E-state index in [9.17, 15) is 4.79 Å². The molecule has 0 atom stereocenters. The highest BCUT2D eigenvalue weighted by Crippen LogP contribution is 2.34. The van der Waals surface area contributed by atoms with Crippen LogP contribution in [-0.4, -0.2) is 79.2 Å². The fourth-order valence-corrected chi connectivity index (χ4v) is 4.99. The molecule has 3 N–H and O–H groups in total. The number of aromatic nitrogens is 7. The molecule has 5 aromatic rings. The van der Waals surface area contributed by atoms with Crippen molar-refractivity contribution in [1.29, 1.82) is 0 Å². The maximum Gasteiger partial charge on any atom is 0.224 e. The lowest BCUT2D eigenvalue weighted by Gasteiger charge is -2.34. The molecule has 12 heteroatoms. The SMILES string of the molecule is CN1CCN(c2ccnc3nc(-c4n[nH]c5cnc(-c6cncc(NC(=O)CC(C)(C)C)c6)c(F)c45)[nH]c23)CC1. The van der Waals surface area contributed by atoms with Gasteiger partial charge in [-0.1, -0.05) is 20.8 Å². The number of amides is 1. The van der Waals surface area contributed by atoms with Gasteiger partial charge in [-0.15, -0.1) is 0 Å². The van der Waals surface area contributed by atoms with Gasteiger partial charge < -0.3 is 20.1 Å². The molecule has 206 valence electrons. The standard InChI is InChI=1S/C28H31FN10O/c1-28(2,3)12-20(40)33-17-11-16(13-30-14-17)23-22(29)21-18(15-32-23)36-37-25(21)27-34-24-19(5-6-31-26(24)35-27)39-9-7-38(4)8-10-39/h5-6,11,13-15H,7-10,12H2,1-4H3,(H,33,40)(H,36,37)(H,31,34,35). The number of carbonyl (C=O) groups excluding carboxylic acids is 1. The minimum Gasteiger partial charge on any atom is -0.367 e. The van der Waals surface area contributed by atoms with Crippen LogP contribution in [0.2, 0.25) is 0 Å². The van der Waals surface area contributed by atoms with E-state index in [-0.39, 0.29) is 22.4 Å². The second-order valence-electron chi connectivity index (χ2n) is 11.4. The molecule has 0 radical (unpaired) electrons. The van der Waals surface area contributed by atoms with Crippen molar-refractivity contribution >= 4 is 39.3 Å². The zero-order valence-electron chi connectivity index (χ0n) is 22.9. The van der Waals surface area contributed by atoms with Crippen LogP contribution >= 0.6 is 0 Å². The van der Waals surface area contributed by atoms with Gasteiger partial charge >= 0.3 is 0 Å². The van der Waals surface area contributed by atoms with E-state index < -0.39 is 5.82 Å². The van der Waals surface area contributed by atoms with Crippen molar-refractivity contribution in [3.8, 4) is 22.8 Å². The lowest BCUT2D eigenvalue weighted by atomic mass is 9.92.